The standard InChI is InChI=1S/C15H19N3O2/c19-14-6-7-15(20)18(14)12-16-8-10-17(11-9-16)13-4-2-1-3-5-13/h1-5H,6-12H2. The van der Waals surface area contributed by atoms with Gasteiger partial charge in [0.1, 0.15) is 0 Å². The van der Waals surface area contributed by atoms with Crippen LogP contribution in [0.4, 0.5) is 5.69 Å². The third kappa shape index (κ3) is 2.67. The van der Waals surface area contributed by atoms with Crippen LogP contribution in [0.3, 0.4) is 0 Å². The summed E-state index contributed by atoms with van der Waals surface area (Å²) in [5.41, 5.74) is 1.24. The molecule has 1 aromatic rings. The highest BCUT2D eigenvalue weighted by atomic mass is 16.2. The summed E-state index contributed by atoms with van der Waals surface area (Å²) < 4.78 is 0. The number of piperazine rings is 1. The number of likely N-dealkylation sites (tertiary alicyclic amines) is 1. The van der Waals surface area contributed by atoms with Crippen LogP contribution < -0.4 is 4.90 Å². The van der Waals surface area contributed by atoms with E-state index < -0.39 is 0 Å². The van der Waals surface area contributed by atoms with E-state index in [1.807, 2.05) is 18.2 Å². The van der Waals surface area contributed by atoms with Gasteiger partial charge in [-0.15, -0.1) is 0 Å². The topological polar surface area (TPSA) is 43.9 Å². The summed E-state index contributed by atoms with van der Waals surface area (Å²) in [6, 6.07) is 10.3. The Balaban J connectivity index is 1.54. The molecule has 2 heterocycles. The largest absolute Gasteiger partial charge is 0.369 e. The van der Waals surface area contributed by atoms with Crippen LogP contribution in [0.25, 0.3) is 0 Å². The Morgan fingerprint density at radius 3 is 2.05 bits per heavy atom. The maximum atomic E-state index is 11.6. The van der Waals surface area contributed by atoms with E-state index in [-0.39, 0.29) is 11.8 Å². The molecular weight excluding hydrogens is 254 g/mol. The van der Waals surface area contributed by atoms with Gasteiger partial charge in [-0.25, -0.2) is 0 Å². The lowest BCUT2D eigenvalue weighted by atomic mass is 10.2. The van der Waals surface area contributed by atoms with E-state index >= 15 is 0 Å². The highest BCUT2D eigenvalue weighted by Gasteiger charge is 2.31. The van der Waals surface area contributed by atoms with E-state index in [0.29, 0.717) is 19.5 Å². The van der Waals surface area contributed by atoms with Gasteiger partial charge in [0, 0.05) is 44.7 Å². The van der Waals surface area contributed by atoms with Crippen molar-refractivity contribution in [1.82, 2.24) is 9.80 Å². The average molecular weight is 273 g/mol. The number of hydrogen-bond donors (Lipinski definition) is 0. The molecule has 0 saturated carbocycles. The Labute approximate surface area is 118 Å². The molecule has 0 bridgehead atoms. The van der Waals surface area contributed by atoms with Crippen LogP contribution in [0.5, 0.6) is 0 Å². The predicted molar refractivity (Wildman–Crippen MR) is 76.2 cm³/mol. The summed E-state index contributed by atoms with van der Waals surface area (Å²) >= 11 is 0. The number of anilines is 1. The lowest BCUT2D eigenvalue weighted by molar-refractivity contribution is -0.140. The second-order valence-electron chi connectivity index (χ2n) is 5.30. The monoisotopic (exact) mass is 273 g/mol. The molecule has 20 heavy (non-hydrogen) atoms. The second-order valence-corrected chi connectivity index (χ2v) is 5.30. The summed E-state index contributed by atoms with van der Waals surface area (Å²) in [5, 5.41) is 0. The van der Waals surface area contributed by atoms with Gasteiger partial charge in [-0.05, 0) is 12.1 Å². The van der Waals surface area contributed by atoms with Gasteiger partial charge >= 0.3 is 0 Å². The van der Waals surface area contributed by atoms with Crippen molar-refractivity contribution in [3.05, 3.63) is 30.3 Å². The summed E-state index contributed by atoms with van der Waals surface area (Å²) in [6.45, 7) is 4.08. The molecule has 2 saturated heterocycles. The first-order chi connectivity index (χ1) is 9.74. The molecule has 0 spiro atoms. The number of benzene rings is 1. The third-order valence-corrected chi connectivity index (χ3v) is 3.99. The average Bonchev–Trinajstić information content (AvgIpc) is 2.81. The van der Waals surface area contributed by atoms with Gasteiger partial charge in [-0.3, -0.25) is 19.4 Å². The number of carbonyl (C=O) groups excluding carboxylic acids is 2. The zero-order valence-corrected chi connectivity index (χ0v) is 11.5. The normalized spacial score (nSPS) is 20.8. The number of nitrogens with zero attached hydrogens (tertiary/aromatic N) is 3. The molecule has 0 N–H and O–H groups in total. The van der Waals surface area contributed by atoms with Crippen molar-refractivity contribution in [2.24, 2.45) is 0 Å². The number of imide groups is 1. The highest BCUT2D eigenvalue weighted by Crippen LogP contribution is 2.17. The predicted octanol–water partition coefficient (Wildman–Crippen LogP) is 0.915. The lowest BCUT2D eigenvalue weighted by Gasteiger charge is -2.37. The first kappa shape index (κ1) is 13.1. The Hall–Kier alpha value is -1.88. The molecule has 106 valence electrons. The molecule has 0 aromatic heterocycles. The second kappa shape index (κ2) is 5.63. The highest BCUT2D eigenvalue weighted by molar-refractivity contribution is 6.01. The Morgan fingerprint density at radius 2 is 1.45 bits per heavy atom. The molecule has 0 unspecified atom stereocenters. The van der Waals surface area contributed by atoms with Crippen molar-refractivity contribution in [3.8, 4) is 0 Å². The first-order valence-corrected chi connectivity index (χ1v) is 7.09. The van der Waals surface area contributed by atoms with Gasteiger partial charge in [-0.1, -0.05) is 18.2 Å². The van der Waals surface area contributed by atoms with E-state index in [2.05, 4.69) is 21.9 Å². The molecule has 0 atom stereocenters. The van der Waals surface area contributed by atoms with Crippen LogP contribution in [-0.4, -0.2) is 54.5 Å². The Kier molecular flexibility index (Phi) is 3.69. The molecule has 2 fully saturated rings. The molecule has 1 aromatic carbocycles. The quantitative estimate of drug-likeness (QED) is 0.768. The van der Waals surface area contributed by atoms with Crippen molar-refractivity contribution < 1.29 is 9.59 Å². The zero-order valence-electron chi connectivity index (χ0n) is 11.5. The number of para-hydroxylation sites is 1. The zero-order chi connectivity index (χ0) is 13.9. The molecule has 2 amide bonds. The fraction of sp³-hybridized carbons (Fsp3) is 0.467. The van der Waals surface area contributed by atoms with Gasteiger partial charge in [0.05, 0.1) is 6.67 Å². The van der Waals surface area contributed by atoms with Crippen molar-refractivity contribution in [1.29, 1.82) is 0 Å². The van der Waals surface area contributed by atoms with Crippen molar-refractivity contribution in [3.63, 3.8) is 0 Å². The maximum absolute atomic E-state index is 11.6. The fourth-order valence-corrected chi connectivity index (χ4v) is 2.77. The minimum absolute atomic E-state index is 0.0273. The number of carbonyl (C=O) groups is 2. The Morgan fingerprint density at radius 1 is 0.850 bits per heavy atom. The number of hydrogen-bond acceptors (Lipinski definition) is 4. The van der Waals surface area contributed by atoms with Crippen molar-refractivity contribution in [2.45, 2.75) is 12.8 Å². The molecule has 5 nitrogen and oxygen atoms in total. The minimum atomic E-state index is -0.0273. The first-order valence-electron chi connectivity index (χ1n) is 7.09. The van der Waals surface area contributed by atoms with Crippen LogP contribution in [-0.2, 0) is 9.59 Å². The number of amides is 2. The van der Waals surface area contributed by atoms with Crippen molar-refractivity contribution in [2.75, 3.05) is 37.7 Å². The third-order valence-electron chi connectivity index (χ3n) is 3.99. The van der Waals surface area contributed by atoms with E-state index in [1.54, 1.807) is 0 Å². The van der Waals surface area contributed by atoms with Crippen LogP contribution in [0.2, 0.25) is 0 Å². The van der Waals surface area contributed by atoms with Crippen LogP contribution in [0.15, 0.2) is 30.3 Å². The van der Waals surface area contributed by atoms with Crippen LogP contribution >= 0.6 is 0 Å². The maximum Gasteiger partial charge on any atom is 0.230 e. The molecular formula is C15H19N3O2. The van der Waals surface area contributed by atoms with Gasteiger partial charge in [0.15, 0.2) is 0 Å². The van der Waals surface area contributed by atoms with E-state index in [4.69, 9.17) is 0 Å². The molecule has 3 rings (SSSR count). The minimum Gasteiger partial charge on any atom is -0.369 e. The fourth-order valence-electron chi connectivity index (χ4n) is 2.77. The van der Waals surface area contributed by atoms with Crippen molar-refractivity contribution >= 4 is 17.5 Å². The van der Waals surface area contributed by atoms with E-state index in [9.17, 15) is 9.59 Å². The Bertz CT molecular complexity index is 479. The molecule has 0 aliphatic carbocycles. The summed E-state index contributed by atoms with van der Waals surface area (Å²) in [4.78, 5) is 29.1. The summed E-state index contributed by atoms with van der Waals surface area (Å²) in [7, 11) is 0. The van der Waals surface area contributed by atoms with Gasteiger partial charge in [0.25, 0.3) is 0 Å². The van der Waals surface area contributed by atoms with Gasteiger partial charge in [0.2, 0.25) is 11.8 Å². The molecule has 2 aliphatic heterocycles. The van der Waals surface area contributed by atoms with E-state index in [0.717, 1.165) is 26.2 Å². The van der Waals surface area contributed by atoms with E-state index in [1.165, 1.54) is 10.6 Å². The lowest BCUT2D eigenvalue weighted by Crippen LogP contribution is -2.51. The summed E-state index contributed by atoms with van der Waals surface area (Å²) in [5.74, 6) is -0.0547. The molecule has 0 radical (unpaired) electrons. The van der Waals surface area contributed by atoms with Gasteiger partial charge in [-0.2, -0.15) is 0 Å². The molecule has 5 heteroatoms. The molecule has 2 aliphatic rings. The van der Waals surface area contributed by atoms with Gasteiger partial charge < -0.3 is 4.90 Å². The summed E-state index contributed by atoms with van der Waals surface area (Å²) in [6.07, 6.45) is 0.756. The van der Waals surface area contributed by atoms with Crippen LogP contribution in [0, 0.1) is 0 Å². The smallest absolute Gasteiger partial charge is 0.230 e. The van der Waals surface area contributed by atoms with Crippen LogP contribution in [0.1, 0.15) is 12.8 Å². The number of rotatable bonds is 3. The SMILES string of the molecule is O=C1CCC(=O)N1CN1CCN(c2ccccc2)CC1.